The predicted octanol–water partition coefficient (Wildman–Crippen LogP) is 0.0872. The molecule has 1 saturated carbocycles. The molecule has 2 bridgehead atoms. The molecule has 9 heavy (non-hydrogen) atoms. The van der Waals surface area contributed by atoms with Crippen LogP contribution in [0.15, 0.2) is 0 Å². The molecule has 2 saturated heterocycles. The molecule has 0 aromatic heterocycles. The van der Waals surface area contributed by atoms with E-state index in [0.717, 1.165) is 12.5 Å². The highest BCUT2D eigenvalue weighted by atomic mass is 15.0. The smallest absolute Gasteiger partial charge is 0.0309 e. The first-order chi connectivity index (χ1) is 4.35. The van der Waals surface area contributed by atoms with Gasteiger partial charge in [-0.25, -0.2) is 0 Å². The molecule has 0 radical (unpaired) electrons. The number of nitrogens with one attached hydrogen (secondary N) is 1. The average Bonchev–Trinajstić information content (AvgIpc) is 1.88. The summed E-state index contributed by atoms with van der Waals surface area (Å²) in [5.41, 5.74) is 6.00. The fraction of sp³-hybridized carbons (Fsp3) is 1.00. The van der Waals surface area contributed by atoms with Crippen LogP contribution in [0.5, 0.6) is 0 Å². The van der Waals surface area contributed by atoms with E-state index in [9.17, 15) is 0 Å². The second-order valence-electron chi connectivity index (χ2n) is 3.47. The third-order valence-electron chi connectivity index (χ3n) is 2.80. The fourth-order valence-electron chi connectivity index (χ4n) is 2.17. The molecule has 2 aliphatic heterocycles. The van der Waals surface area contributed by atoms with Crippen molar-refractivity contribution in [3.05, 3.63) is 0 Å². The second-order valence-corrected chi connectivity index (χ2v) is 3.47. The van der Waals surface area contributed by atoms with E-state index in [1.165, 1.54) is 25.8 Å². The third kappa shape index (κ3) is 0.700. The number of fused-ring (bicyclic) bond motifs is 2. The first-order valence-corrected chi connectivity index (χ1v) is 3.80. The zero-order chi connectivity index (χ0) is 6.32. The molecule has 3 N–H and O–H groups in total. The Bertz CT molecular complexity index is 111. The van der Waals surface area contributed by atoms with E-state index in [1.807, 2.05) is 0 Å². The molecule has 1 aliphatic carbocycles. The maximum atomic E-state index is 5.61. The summed E-state index contributed by atoms with van der Waals surface area (Å²) in [5, 5.41) is 3.49. The SMILES string of the molecule is NCC12CC(CCN1)C2. The van der Waals surface area contributed by atoms with Crippen molar-refractivity contribution >= 4 is 0 Å². The van der Waals surface area contributed by atoms with E-state index in [1.54, 1.807) is 0 Å². The van der Waals surface area contributed by atoms with Crippen LogP contribution in [-0.4, -0.2) is 18.6 Å². The Morgan fingerprint density at radius 1 is 1.56 bits per heavy atom. The van der Waals surface area contributed by atoms with Crippen molar-refractivity contribution in [2.45, 2.75) is 24.8 Å². The van der Waals surface area contributed by atoms with Crippen LogP contribution < -0.4 is 11.1 Å². The van der Waals surface area contributed by atoms with Crippen LogP contribution in [0.3, 0.4) is 0 Å². The summed E-state index contributed by atoms with van der Waals surface area (Å²) < 4.78 is 0. The van der Waals surface area contributed by atoms with E-state index in [2.05, 4.69) is 5.32 Å². The standard InChI is InChI=1S/C7H14N2/c8-5-7-3-6(4-7)1-2-9-7/h6,9H,1-5,8H2. The molecule has 2 heterocycles. The zero-order valence-electron chi connectivity index (χ0n) is 5.69. The molecule has 2 nitrogen and oxygen atoms in total. The van der Waals surface area contributed by atoms with Gasteiger partial charge in [0.25, 0.3) is 0 Å². The van der Waals surface area contributed by atoms with Gasteiger partial charge in [0.1, 0.15) is 0 Å². The molecular formula is C7H14N2. The minimum atomic E-state index is 0.392. The minimum absolute atomic E-state index is 0.392. The number of hydrogen-bond acceptors (Lipinski definition) is 2. The lowest BCUT2D eigenvalue weighted by Crippen LogP contribution is -2.64. The summed E-state index contributed by atoms with van der Waals surface area (Å²) in [5.74, 6) is 1.01. The van der Waals surface area contributed by atoms with Crippen LogP contribution >= 0.6 is 0 Å². The summed E-state index contributed by atoms with van der Waals surface area (Å²) in [7, 11) is 0. The van der Waals surface area contributed by atoms with Crippen molar-refractivity contribution in [3.8, 4) is 0 Å². The van der Waals surface area contributed by atoms with Crippen molar-refractivity contribution in [1.29, 1.82) is 0 Å². The Morgan fingerprint density at radius 2 is 2.33 bits per heavy atom. The monoisotopic (exact) mass is 126 g/mol. The average molecular weight is 126 g/mol. The van der Waals surface area contributed by atoms with E-state index in [0.29, 0.717) is 5.54 Å². The predicted molar refractivity (Wildman–Crippen MR) is 37.1 cm³/mol. The van der Waals surface area contributed by atoms with Gasteiger partial charge in [0.15, 0.2) is 0 Å². The van der Waals surface area contributed by atoms with Crippen LogP contribution in [-0.2, 0) is 0 Å². The van der Waals surface area contributed by atoms with Gasteiger partial charge in [-0.1, -0.05) is 0 Å². The number of nitrogens with two attached hydrogens (primary N) is 1. The van der Waals surface area contributed by atoms with Crippen molar-refractivity contribution in [2.24, 2.45) is 11.7 Å². The lowest BCUT2D eigenvalue weighted by molar-refractivity contribution is 0.0603. The van der Waals surface area contributed by atoms with Gasteiger partial charge in [-0.3, -0.25) is 0 Å². The molecule has 0 atom stereocenters. The zero-order valence-corrected chi connectivity index (χ0v) is 5.69. The number of hydrogen-bond donors (Lipinski definition) is 2. The number of rotatable bonds is 1. The quantitative estimate of drug-likeness (QED) is 0.522. The second kappa shape index (κ2) is 1.70. The summed E-state index contributed by atoms with van der Waals surface area (Å²) in [6.45, 7) is 2.03. The molecule has 3 aliphatic rings. The van der Waals surface area contributed by atoms with E-state index >= 15 is 0 Å². The van der Waals surface area contributed by atoms with E-state index < -0.39 is 0 Å². The Kier molecular flexibility index (Phi) is 1.08. The molecule has 0 aromatic rings. The molecule has 0 unspecified atom stereocenters. The van der Waals surface area contributed by atoms with Crippen molar-refractivity contribution in [3.63, 3.8) is 0 Å². The van der Waals surface area contributed by atoms with Gasteiger partial charge in [-0.05, 0) is 31.7 Å². The molecule has 0 aromatic carbocycles. The molecule has 3 rings (SSSR count). The maximum Gasteiger partial charge on any atom is 0.0309 e. The molecule has 2 heteroatoms. The Morgan fingerprint density at radius 3 is 2.67 bits per heavy atom. The molecule has 0 amide bonds. The highest BCUT2D eigenvalue weighted by molar-refractivity contribution is 5.05. The maximum absolute atomic E-state index is 5.61. The molecule has 3 fully saturated rings. The van der Waals surface area contributed by atoms with Gasteiger partial charge >= 0.3 is 0 Å². The van der Waals surface area contributed by atoms with Gasteiger partial charge < -0.3 is 11.1 Å². The Labute approximate surface area is 55.8 Å². The van der Waals surface area contributed by atoms with Crippen LogP contribution in [0, 0.1) is 5.92 Å². The summed E-state index contributed by atoms with van der Waals surface area (Å²) >= 11 is 0. The lowest BCUT2D eigenvalue weighted by Gasteiger charge is -2.52. The van der Waals surface area contributed by atoms with Crippen LogP contribution in [0.25, 0.3) is 0 Å². The van der Waals surface area contributed by atoms with Gasteiger partial charge in [-0.15, -0.1) is 0 Å². The van der Waals surface area contributed by atoms with Gasteiger partial charge in [0.05, 0.1) is 0 Å². The van der Waals surface area contributed by atoms with E-state index in [-0.39, 0.29) is 0 Å². The summed E-state index contributed by atoms with van der Waals surface area (Å²) in [6, 6.07) is 0. The van der Waals surface area contributed by atoms with Gasteiger partial charge in [0.2, 0.25) is 0 Å². The Balaban J connectivity index is 2.02. The van der Waals surface area contributed by atoms with Crippen molar-refractivity contribution in [2.75, 3.05) is 13.1 Å². The van der Waals surface area contributed by atoms with Crippen LogP contribution in [0.1, 0.15) is 19.3 Å². The Hall–Kier alpha value is -0.0800. The summed E-state index contributed by atoms with van der Waals surface area (Å²) in [6.07, 6.45) is 4.05. The lowest BCUT2D eigenvalue weighted by atomic mass is 9.64. The summed E-state index contributed by atoms with van der Waals surface area (Å²) in [4.78, 5) is 0. The fourth-order valence-corrected chi connectivity index (χ4v) is 2.17. The highest BCUT2D eigenvalue weighted by Crippen LogP contribution is 2.42. The molecular weight excluding hydrogens is 112 g/mol. The van der Waals surface area contributed by atoms with Crippen LogP contribution in [0.4, 0.5) is 0 Å². The minimum Gasteiger partial charge on any atom is -0.329 e. The van der Waals surface area contributed by atoms with E-state index in [4.69, 9.17) is 5.73 Å². The topological polar surface area (TPSA) is 38.0 Å². The first-order valence-electron chi connectivity index (χ1n) is 3.80. The largest absolute Gasteiger partial charge is 0.329 e. The molecule has 52 valence electrons. The van der Waals surface area contributed by atoms with Crippen molar-refractivity contribution in [1.82, 2.24) is 5.32 Å². The number of piperidine rings is 2. The van der Waals surface area contributed by atoms with Gasteiger partial charge in [0, 0.05) is 12.1 Å². The first kappa shape index (κ1) is 5.69. The van der Waals surface area contributed by atoms with Gasteiger partial charge in [-0.2, -0.15) is 0 Å². The molecule has 0 spiro atoms. The van der Waals surface area contributed by atoms with Crippen LogP contribution in [0.2, 0.25) is 0 Å². The third-order valence-corrected chi connectivity index (χ3v) is 2.80. The van der Waals surface area contributed by atoms with Crippen molar-refractivity contribution < 1.29 is 0 Å². The normalized spacial score (nSPS) is 48.3. The highest BCUT2D eigenvalue weighted by Gasteiger charge is 2.45.